The number of aromatic amines is 1. The standard InChI is InChI=1S/C14H19N3OS/c1-8(12-6-5-7-19-12)15-9(2)13-10(3)16-11(4)17-14(13)18/h5-9,15H,1-4H3,(H,16,17,18). The van der Waals surface area contributed by atoms with Crippen molar-refractivity contribution in [3.05, 3.63) is 49.8 Å². The number of H-pyrrole nitrogens is 1. The summed E-state index contributed by atoms with van der Waals surface area (Å²) in [5.74, 6) is 0.657. The average Bonchev–Trinajstić information content (AvgIpc) is 2.80. The van der Waals surface area contributed by atoms with Gasteiger partial charge in [-0.2, -0.15) is 0 Å². The summed E-state index contributed by atoms with van der Waals surface area (Å²) in [5.41, 5.74) is 1.46. The van der Waals surface area contributed by atoms with Crippen LogP contribution in [0.3, 0.4) is 0 Å². The molecule has 5 heteroatoms. The van der Waals surface area contributed by atoms with E-state index in [0.29, 0.717) is 11.4 Å². The van der Waals surface area contributed by atoms with Crippen molar-refractivity contribution in [2.24, 2.45) is 0 Å². The molecule has 0 aromatic carbocycles. The Morgan fingerprint density at radius 2 is 2.05 bits per heavy atom. The summed E-state index contributed by atoms with van der Waals surface area (Å²) in [5, 5.41) is 5.51. The molecular formula is C14H19N3OS. The molecule has 2 atom stereocenters. The molecule has 2 aromatic rings. The lowest BCUT2D eigenvalue weighted by Gasteiger charge is -2.20. The van der Waals surface area contributed by atoms with E-state index in [9.17, 15) is 4.79 Å². The first kappa shape index (κ1) is 14.0. The molecule has 2 heterocycles. The van der Waals surface area contributed by atoms with Crippen molar-refractivity contribution in [2.45, 2.75) is 39.8 Å². The van der Waals surface area contributed by atoms with Crippen LogP contribution in [0.4, 0.5) is 0 Å². The Labute approximate surface area is 116 Å². The van der Waals surface area contributed by atoms with E-state index in [1.54, 1.807) is 18.3 Å². The number of aryl methyl sites for hydroxylation is 2. The fraction of sp³-hybridized carbons (Fsp3) is 0.429. The first-order valence-corrected chi connectivity index (χ1v) is 7.24. The van der Waals surface area contributed by atoms with E-state index in [2.05, 4.69) is 33.7 Å². The van der Waals surface area contributed by atoms with E-state index < -0.39 is 0 Å². The molecule has 2 rings (SSSR count). The van der Waals surface area contributed by atoms with Crippen LogP contribution < -0.4 is 10.9 Å². The number of thiophene rings is 1. The summed E-state index contributed by atoms with van der Waals surface area (Å²) < 4.78 is 0. The Kier molecular flexibility index (Phi) is 4.17. The highest BCUT2D eigenvalue weighted by molar-refractivity contribution is 7.10. The summed E-state index contributed by atoms with van der Waals surface area (Å²) >= 11 is 1.71. The second kappa shape index (κ2) is 5.67. The van der Waals surface area contributed by atoms with Gasteiger partial charge in [0.1, 0.15) is 5.82 Å². The van der Waals surface area contributed by atoms with Gasteiger partial charge in [-0.15, -0.1) is 11.3 Å². The summed E-state index contributed by atoms with van der Waals surface area (Å²) in [6, 6.07) is 4.32. The molecule has 2 aromatic heterocycles. The first-order chi connectivity index (χ1) is 8.99. The van der Waals surface area contributed by atoms with Gasteiger partial charge in [-0.05, 0) is 39.1 Å². The highest BCUT2D eigenvalue weighted by Crippen LogP contribution is 2.22. The zero-order chi connectivity index (χ0) is 14.0. The van der Waals surface area contributed by atoms with Crippen LogP contribution in [0.5, 0.6) is 0 Å². The number of hydrogen-bond donors (Lipinski definition) is 2. The van der Waals surface area contributed by atoms with Crippen molar-refractivity contribution in [2.75, 3.05) is 0 Å². The van der Waals surface area contributed by atoms with Gasteiger partial charge in [-0.1, -0.05) is 6.07 Å². The van der Waals surface area contributed by atoms with Crippen LogP contribution in [0.2, 0.25) is 0 Å². The van der Waals surface area contributed by atoms with Crippen molar-refractivity contribution >= 4 is 11.3 Å². The highest BCUT2D eigenvalue weighted by Gasteiger charge is 2.17. The predicted octanol–water partition coefficient (Wildman–Crippen LogP) is 2.86. The molecule has 4 nitrogen and oxygen atoms in total. The van der Waals surface area contributed by atoms with E-state index in [0.717, 1.165) is 5.69 Å². The SMILES string of the molecule is Cc1nc(C)c(C(C)NC(C)c2cccs2)c(=O)[nH]1. The van der Waals surface area contributed by atoms with Crippen LogP contribution in [0.1, 0.15) is 47.9 Å². The second-order valence-electron chi connectivity index (χ2n) is 4.78. The minimum Gasteiger partial charge on any atom is -0.310 e. The summed E-state index contributed by atoms with van der Waals surface area (Å²) in [6.45, 7) is 7.78. The molecule has 0 bridgehead atoms. The van der Waals surface area contributed by atoms with Crippen LogP contribution >= 0.6 is 11.3 Å². The summed E-state index contributed by atoms with van der Waals surface area (Å²) in [4.78, 5) is 20.4. The van der Waals surface area contributed by atoms with Crippen LogP contribution in [-0.4, -0.2) is 9.97 Å². The molecule has 0 aliphatic rings. The largest absolute Gasteiger partial charge is 0.310 e. The van der Waals surface area contributed by atoms with Gasteiger partial charge in [0, 0.05) is 22.7 Å². The van der Waals surface area contributed by atoms with Gasteiger partial charge in [0.15, 0.2) is 0 Å². The average molecular weight is 277 g/mol. The monoisotopic (exact) mass is 277 g/mol. The minimum absolute atomic E-state index is 0.0334. The highest BCUT2D eigenvalue weighted by atomic mass is 32.1. The zero-order valence-electron chi connectivity index (χ0n) is 11.7. The van der Waals surface area contributed by atoms with Gasteiger partial charge >= 0.3 is 0 Å². The lowest BCUT2D eigenvalue weighted by atomic mass is 10.1. The van der Waals surface area contributed by atoms with E-state index in [1.807, 2.05) is 19.9 Å². The molecule has 0 aliphatic carbocycles. The van der Waals surface area contributed by atoms with Gasteiger partial charge in [0.25, 0.3) is 5.56 Å². The zero-order valence-corrected chi connectivity index (χ0v) is 12.5. The third-order valence-corrected chi connectivity index (χ3v) is 4.22. The fourth-order valence-electron chi connectivity index (χ4n) is 2.32. The lowest BCUT2D eigenvalue weighted by molar-refractivity contribution is 0.493. The van der Waals surface area contributed by atoms with Crippen molar-refractivity contribution in [3.63, 3.8) is 0 Å². The van der Waals surface area contributed by atoms with E-state index in [-0.39, 0.29) is 17.6 Å². The number of nitrogens with zero attached hydrogens (tertiary/aromatic N) is 1. The first-order valence-electron chi connectivity index (χ1n) is 6.36. The Morgan fingerprint density at radius 1 is 1.32 bits per heavy atom. The van der Waals surface area contributed by atoms with E-state index in [1.165, 1.54) is 4.88 Å². The molecule has 2 N–H and O–H groups in total. The van der Waals surface area contributed by atoms with E-state index in [4.69, 9.17) is 0 Å². The Balaban J connectivity index is 2.21. The maximum absolute atomic E-state index is 12.0. The number of rotatable bonds is 4. The molecule has 0 fully saturated rings. The van der Waals surface area contributed by atoms with Gasteiger partial charge in [0.2, 0.25) is 0 Å². The third kappa shape index (κ3) is 3.11. The molecule has 19 heavy (non-hydrogen) atoms. The third-order valence-electron chi connectivity index (χ3n) is 3.17. The van der Waals surface area contributed by atoms with Crippen LogP contribution in [0.25, 0.3) is 0 Å². The number of hydrogen-bond acceptors (Lipinski definition) is 4. The Morgan fingerprint density at radius 3 is 2.63 bits per heavy atom. The van der Waals surface area contributed by atoms with Crippen LogP contribution in [-0.2, 0) is 0 Å². The molecule has 0 saturated carbocycles. The maximum atomic E-state index is 12.0. The van der Waals surface area contributed by atoms with Crippen LogP contribution in [0.15, 0.2) is 22.3 Å². The van der Waals surface area contributed by atoms with Crippen molar-refractivity contribution in [3.8, 4) is 0 Å². The second-order valence-corrected chi connectivity index (χ2v) is 5.76. The fourth-order valence-corrected chi connectivity index (χ4v) is 3.07. The van der Waals surface area contributed by atoms with Crippen molar-refractivity contribution < 1.29 is 0 Å². The molecule has 0 saturated heterocycles. The number of nitrogens with one attached hydrogen (secondary N) is 2. The summed E-state index contributed by atoms with van der Waals surface area (Å²) in [7, 11) is 0. The Hall–Kier alpha value is -1.46. The molecule has 0 aliphatic heterocycles. The predicted molar refractivity (Wildman–Crippen MR) is 78.6 cm³/mol. The Bertz CT molecular complexity index is 604. The van der Waals surface area contributed by atoms with Gasteiger partial charge in [0.05, 0.1) is 5.56 Å². The maximum Gasteiger partial charge on any atom is 0.255 e. The van der Waals surface area contributed by atoms with Gasteiger partial charge in [-0.3, -0.25) is 4.79 Å². The van der Waals surface area contributed by atoms with E-state index >= 15 is 0 Å². The lowest BCUT2D eigenvalue weighted by Crippen LogP contribution is -2.29. The molecule has 102 valence electrons. The smallest absolute Gasteiger partial charge is 0.255 e. The molecule has 0 amide bonds. The molecule has 0 radical (unpaired) electrons. The quantitative estimate of drug-likeness (QED) is 0.903. The van der Waals surface area contributed by atoms with Gasteiger partial charge in [-0.25, -0.2) is 4.98 Å². The molecular weight excluding hydrogens is 258 g/mol. The normalized spacial score (nSPS) is 14.3. The van der Waals surface area contributed by atoms with Crippen molar-refractivity contribution in [1.82, 2.24) is 15.3 Å². The minimum atomic E-state index is -0.0524. The van der Waals surface area contributed by atoms with Crippen LogP contribution in [0, 0.1) is 13.8 Å². The molecule has 2 unspecified atom stereocenters. The number of aromatic nitrogens is 2. The topological polar surface area (TPSA) is 57.8 Å². The molecule has 0 spiro atoms. The van der Waals surface area contributed by atoms with Crippen molar-refractivity contribution in [1.29, 1.82) is 0 Å². The summed E-state index contributed by atoms with van der Waals surface area (Å²) in [6.07, 6.45) is 0. The van der Waals surface area contributed by atoms with Gasteiger partial charge < -0.3 is 10.3 Å².